The lowest BCUT2D eigenvalue weighted by Crippen LogP contribution is -1.99. The third-order valence-corrected chi connectivity index (χ3v) is 2.58. The molecule has 0 saturated heterocycles. The van der Waals surface area contributed by atoms with Gasteiger partial charge in [-0.3, -0.25) is 0 Å². The molecule has 0 amide bonds. The second kappa shape index (κ2) is 6.21. The van der Waals surface area contributed by atoms with E-state index >= 15 is 0 Å². The van der Waals surface area contributed by atoms with E-state index in [0.717, 1.165) is 0 Å². The highest BCUT2D eigenvalue weighted by Gasteiger charge is 2.12. The number of methoxy groups -OCH3 is 1. The number of carboxylic acid groups (broad SMARTS) is 1. The molecule has 2 rings (SSSR count). The molecule has 0 aliphatic carbocycles. The van der Waals surface area contributed by atoms with Crippen LogP contribution in [0, 0.1) is 0 Å². The van der Waals surface area contributed by atoms with Crippen LogP contribution in [-0.4, -0.2) is 23.2 Å². The van der Waals surface area contributed by atoms with Gasteiger partial charge in [-0.25, -0.2) is 9.78 Å². The number of hydrogen-bond acceptors (Lipinski definition) is 3. The first kappa shape index (κ1) is 14.3. The molecule has 2 aromatic rings. The van der Waals surface area contributed by atoms with Crippen molar-refractivity contribution in [1.29, 1.82) is 0 Å². The van der Waals surface area contributed by atoms with Gasteiger partial charge in [0, 0.05) is 17.0 Å². The molecule has 0 bridgehead atoms. The third-order valence-electron chi connectivity index (χ3n) is 2.28. The number of ether oxygens (including phenoxy) is 1. The van der Waals surface area contributed by atoms with E-state index in [2.05, 4.69) is 4.98 Å². The Morgan fingerprint density at radius 3 is 2.56 bits per heavy atom. The lowest BCUT2D eigenvalue weighted by atomic mass is 10.1. The number of fused-ring (bicyclic) bond motifs is 1. The monoisotopic (exact) mass is 267 g/mol. The van der Waals surface area contributed by atoms with Crippen molar-refractivity contribution in [2.45, 2.75) is 13.8 Å². The van der Waals surface area contributed by atoms with E-state index in [1.165, 1.54) is 13.3 Å². The van der Waals surface area contributed by atoms with Gasteiger partial charge in [-0.15, -0.1) is 0 Å². The highest BCUT2D eigenvalue weighted by Crippen LogP contribution is 2.28. The lowest BCUT2D eigenvalue weighted by Gasteiger charge is -2.06. The van der Waals surface area contributed by atoms with Crippen molar-refractivity contribution >= 4 is 28.3 Å². The average molecular weight is 268 g/mol. The molecule has 1 aromatic carbocycles. The Bertz CT molecular complexity index is 569. The number of halogens is 1. The molecule has 0 saturated carbocycles. The minimum absolute atomic E-state index is 0.110. The molecule has 18 heavy (non-hydrogen) atoms. The summed E-state index contributed by atoms with van der Waals surface area (Å²) in [6.45, 7) is 4.00. The second-order valence-corrected chi connectivity index (χ2v) is 3.54. The van der Waals surface area contributed by atoms with E-state index in [1.807, 2.05) is 13.8 Å². The number of hydrogen-bond donors (Lipinski definition) is 1. The molecule has 0 spiro atoms. The molecule has 0 unspecified atom stereocenters. The van der Waals surface area contributed by atoms with E-state index < -0.39 is 5.97 Å². The quantitative estimate of drug-likeness (QED) is 0.844. The van der Waals surface area contributed by atoms with Crippen LogP contribution in [-0.2, 0) is 0 Å². The normalized spacial score (nSPS) is 9.56. The van der Waals surface area contributed by atoms with Crippen LogP contribution in [0.5, 0.6) is 5.75 Å². The van der Waals surface area contributed by atoms with Crippen molar-refractivity contribution in [1.82, 2.24) is 4.98 Å². The number of carbonyl (C=O) groups is 1. The maximum atomic E-state index is 11.0. The minimum Gasteiger partial charge on any atom is -0.497 e. The van der Waals surface area contributed by atoms with Crippen molar-refractivity contribution in [3.05, 3.63) is 35.1 Å². The lowest BCUT2D eigenvalue weighted by molar-refractivity contribution is 0.0698. The van der Waals surface area contributed by atoms with E-state index in [4.69, 9.17) is 21.4 Å². The van der Waals surface area contributed by atoms with Gasteiger partial charge in [-0.2, -0.15) is 0 Å². The van der Waals surface area contributed by atoms with Gasteiger partial charge in [0.2, 0.25) is 0 Å². The first-order valence-corrected chi connectivity index (χ1v) is 5.87. The number of aromatic nitrogens is 1. The molecule has 0 fully saturated rings. The van der Waals surface area contributed by atoms with Gasteiger partial charge in [-0.1, -0.05) is 25.4 Å². The number of pyridine rings is 1. The van der Waals surface area contributed by atoms with E-state index in [0.29, 0.717) is 16.5 Å². The highest BCUT2D eigenvalue weighted by molar-refractivity contribution is 6.34. The number of aromatic carboxylic acids is 1. The summed E-state index contributed by atoms with van der Waals surface area (Å²) < 4.78 is 5.04. The molecule has 0 radical (unpaired) electrons. The average Bonchev–Trinajstić information content (AvgIpc) is 2.40. The molecule has 1 heterocycles. The van der Waals surface area contributed by atoms with Crippen molar-refractivity contribution < 1.29 is 14.6 Å². The molecule has 0 aliphatic heterocycles. The largest absolute Gasteiger partial charge is 0.497 e. The van der Waals surface area contributed by atoms with E-state index in [9.17, 15) is 4.79 Å². The zero-order chi connectivity index (χ0) is 13.7. The molecule has 0 atom stereocenters. The fourth-order valence-corrected chi connectivity index (χ4v) is 1.70. The summed E-state index contributed by atoms with van der Waals surface area (Å²) in [6, 6.07) is 5.03. The Morgan fingerprint density at radius 2 is 2.00 bits per heavy atom. The molecule has 4 nitrogen and oxygen atoms in total. The van der Waals surface area contributed by atoms with Crippen LogP contribution in [0.3, 0.4) is 0 Å². The topological polar surface area (TPSA) is 59.4 Å². The summed E-state index contributed by atoms with van der Waals surface area (Å²) in [6.07, 6.45) is 1.24. The zero-order valence-electron chi connectivity index (χ0n) is 10.4. The number of nitrogens with zero attached hydrogens (tertiary/aromatic N) is 1. The second-order valence-electron chi connectivity index (χ2n) is 3.18. The van der Waals surface area contributed by atoms with Crippen molar-refractivity contribution in [2.75, 3.05) is 7.11 Å². The van der Waals surface area contributed by atoms with Crippen LogP contribution in [0.4, 0.5) is 0 Å². The van der Waals surface area contributed by atoms with Gasteiger partial charge in [0.25, 0.3) is 0 Å². The zero-order valence-corrected chi connectivity index (χ0v) is 11.2. The molecular formula is C13H14ClNO3. The Balaban J connectivity index is 0.000000771. The van der Waals surface area contributed by atoms with Gasteiger partial charge in [0.1, 0.15) is 10.9 Å². The molecule has 1 aromatic heterocycles. The van der Waals surface area contributed by atoms with Crippen LogP contribution in [0.25, 0.3) is 10.8 Å². The SMILES string of the molecule is CC.COc1ccc2c(Cl)ncc(C(=O)O)c2c1. The third kappa shape index (κ3) is 2.71. The maximum Gasteiger partial charge on any atom is 0.337 e. The van der Waals surface area contributed by atoms with Crippen molar-refractivity contribution in [3.8, 4) is 5.75 Å². The minimum atomic E-state index is -1.04. The smallest absolute Gasteiger partial charge is 0.337 e. The summed E-state index contributed by atoms with van der Waals surface area (Å²) in [4.78, 5) is 14.8. The predicted molar refractivity (Wildman–Crippen MR) is 71.6 cm³/mol. The fraction of sp³-hybridized carbons (Fsp3) is 0.231. The standard InChI is InChI=1S/C11H8ClNO3.C2H6/c1-16-6-2-3-7-8(4-6)9(11(14)15)5-13-10(7)12;1-2/h2-5H,1H3,(H,14,15);1-2H3. The summed E-state index contributed by atoms with van der Waals surface area (Å²) in [5.41, 5.74) is 0.110. The summed E-state index contributed by atoms with van der Waals surface area (Å²) >= 11 is 5.88. The fourth-order valence-electron chi connectivity index (χ4n) is 1.48. The highest BCUT2D eigenvalue weighted by atomic mass is 35.5. The summed E-state index contributed by atoms with van der Waals surface area (Å²) in [7, 11) is 1.52. The molecule has 5 heteroatoms. The molecule has 1 N–H and O–H groups in total. The number of carboxylic acids is 1. The molecule has 0 aliphatic rings. The van der Waals surface area contributed by atoms with Crippen LogP contribution >= 0.6 is 11.6 Å². The van der Waals surface area contributed by atoms with Crippen molar-refractivity contribution in [2.24, 2.45) is 0 Å². The van der Waals surface area contributed by atoms with E-state index in [-0.39, 0.29) is 10.7 Å². The maximum absolute atomic E-state index is 11.0. The Labute approximate surface area is 110 Å². The molecule has 96 valence electrons. The van der Waals surface area contributed by atoms with Crippen LogP contribution < -0.4 is 4.74 Å². The number of rotatable bonds is 2. The first-order valence-electron chi connectivity index (χ1n) is 5.49. The summed E-state index contributed by atoms with van der Waals surface area (Å²) in [5.74, 6) is -0.459. The van der Waals surface area contributed by atoms with Gasteiger partial charge in [0.05, 0.1) is 12.7 Å². The predicted octanol–water partition coefficient (Wildman–Crippen LogP) is 3.62. The van der Waals surface area contributed by atoms with Crippen LogP contribution in [0.1, 0.15) is 24.2 Å². The van der Waals surface area contributed by atoms with Crippen molar-refractivity contribution in [3.63, 3.8) is 0 Å². The Hall–Kier alpha value is -1.81. The van der Waals surface area contributed by atoms with Gasteiger partial charge in [0.15, 0.2) is 0 Å². The van der Waals surface area contributed by atoms with Crippen LogP contribution in [0.2, 0.25) is 5.15 Å². The van der Waals surface area contributed by atoms with Gasteiger partial charge < -0.3 is 9.84 Å². The van der Waals surface area contributed by atoms with Gasteiger partial charge >= 0.3 is 5.97 Å². The summed E-state index contributed by atoms with van der Waals surface area (Å²) in [5, 5.41) is 10.4. The Kier molecular flexibility index (Phi) is 4.92. The first-order chi connectivity index (χ1) is 8.63. The Morgan fingerprint density at radius 1 is 1.33 bits per heavy atom. The van der Waals surface area contributed by atoms with Gasteiger partial charge in [-0.05, 0) is 18.2 Å². The van der Waals surface area contributed by atoms with E-state index in [1.54, 1.807) is 18.2 Å². The molecular weight excluding hydrogens is 254 g/mol. The number of benzene rings is 1. The van der Waals surface area contributed by atoms with Crippen LogP contribution in [0.15, 0.2) is 24.4 Å².